The molecule has 10 heteroatoms. The van der Waals surface area contributed by atoms with Gasteiger partial charge in [0.1, 0.15) is 0 Å². The lowest BCUT2D eigenvalue weighted by atomic mass is 10.1. The number of anilines is 1. The average Bonchev–Trinajstić information content (AvgIpc) is 3.18. The maximum absolute atomic E-state index is 12.2. The molecule has 0 spiro atoms. The summed E-state index contributed by atoms with van der Waals surface area (Å²) in [6.45, 7) is 3.44. The van der Waals surface area contributed by atoms with Crippen molar-refractivity contribution < 1.29 is 9.42 Å². The molecular formula is C14H14N8O2. The van der Waals surface area contributed by atoms with Crippen molar-refractivity contribution in [3.63, 3.8) is 0 Å². The minimum Gasteiger partial charge on any atom is -0.378 e. The molecule has 1 amide bonds. The van der Waals surface area contributed by atoms with Crippen molar-refractivity contribution in [2.24, 2.45) is 5.10 Å². The van der Waals surface area contributed by atoms with Crippen LogP contribution in [0.15, 0.2) is 40.1 Å². The molecule has 3 N–H and O–H groups in total. The Hall–Kier alpha value is -3.56. The van der Waals surface area contributed by atoms with Gasteiger partial charge in [-0.25, -0.2) is 10.1 Å². The number of carbonyl (C=O) groups is 1. The topological polar surface area (TPSA) is 137 Å². The van der Waals surface area contributed by atoms with Crippen LogP contribution < -0.4 is 11.2 Å². The van der Waals surface area contributed by atoms with Crippen molar-refractivity contribution in [1.29, 1.82) is 0 Å². The minimum absolute atomic E-state index is 0.0490. The van der Waals surface area contributed by atoms with Gasteiger partial charge in [0.15, 0.2) is 5.69 Å². The first kappa shape index (κ1) is 15.3. The third kappa shape index (κ3) is 2.84. The predicted molar refractivity (Wildman–Crippen MR) is 84.5 cm³/mol. The van der Waals surface area contributed by atoms with Gasteiger partial charge in [-0.2, -0.15) is 9.78 Å². The predicted octanol–water partition coefficient (Wildman–Crippen LogP) is 0.695. The fourth-order valence-corrected chi connectivity index (χ4v) is 2.01. The van der Waals surface area contributed by atoms with Crippen molar-refractivity contribution in [2.45, 2.75) is 13.8 Å². The fraction of sp³-hybridized carbons (Fsp3) is 0.143. The summed E-state index contributed by atoms with van der Waals surface area (Å²) >= 11 is 0. The molecular weight excluding hydrogens is 312 g/mol. The summed E-state index contributed by atoms with van der Waals surface area (Å²) in [5, 5.41) is 18.8. The molecule has 1 aromatic carbocycles. The largest absolute Gasteiger partial charge is 0.378 e. The maximum atomic E-state index is 12.2. The lowest BCUT2D eigenvalue weighted by Gasteiger charge is -2.02. The Morgan fingerprint density at radius 3 is 2.71 bits per heavy atom. The number of hydrogen-bond acceptors (Lipinski definition) is 8. The van der Waals surface area contributed by atoms with E-state index < -0.39 is 5.91 Å². The fourth-order valence-electron chi connectivity index (χ4n) is 2.01. The molecule has 0 unspecified atom stereocenters. The van der Waals surface area contributed by atoms with Crippen LogP contribution in [0.3, 0.4) is 0 Å². The molecule has 2 heterocycles. The first-order valence-electron chi connectivity index (χ1n) is 6.98. The Labute approximate surface area is 136 Å². The molecule has 3 rings (SSSR count). The van der Waals surface area contributed by atoms with E-state index in [1.165, 1.54) is 4.68 Å². The van der Waals surface area contributed by atoms with Crippen molar-refractivity contribution in [3.05, 3.63) is 47.3 Å². The van der Waals surface area contributed by atoms with Gasteiger partial charge < -0.3 is 5.73 Å². The molecule has 0 aliphatic carbocycles. The van der Waals surface area contributed by atoms with Crippen LogP contribution in [0.2, 0.25) is 0 Å². The molecule has 10 nitrogen and oxygen atoms in total. The van der Waals surface area contributed by atoms with Gasteiger partial charge >= 0.3 is 0 Å². The third-order valence-corrected chi connectivity index (χ3v) is 3.32. The van der Waals surface area contributed by atoms with E-state index in [-0.39, 0.29) is 17.3 Å². The average molecular weight is 326 g/mol. The van der Waals surface area contributed by atoms with E-state index in [0.717, 1.165) is 5.56 Å². The van der Waals surface area contributed by atoms with Gasteiger partial charge in [0.25, 0.3) is 5.91 Å². The quantitative estimate of drug-likeness (QED) is 0.531. The SMILES string of the molecule is C/C(=N\NC(=O)c1nnn(-c2nonc2N)c1C)c1ccccc1. The van der Waals surface area contributed by atoms with Crippen molar-refractivity contribution in [3.8, 4) is 5.82 Å². The Bertz CT molecular complexity index is 897. The summed E-state index contributed by atoms with van der Waals surface area (Å²) in [5.41, 5.74) is 10.2. The number of nitrogens with one attached hydrogen (secondary N) is 1. The Balaban J connectivity index is 1.79. The zero-order valence-corrected chi connectivity index (χ0v) is 13.0. The molecule has 0 aliphatic heterocycles. The molecule has 0 saturated heterocycles. The molecule has 0 atom stereocenters. The zero-order chi connectivity index (χ0) is 17.1. The standard InChI is InChI=1S/C14H14N8O2/c1-8(10-6-4-3-5-7-10)16-18-14(23)11-9(2)22(21-17-11)13-12(15)19-24-20-13/h3-7H,1-2H3,(H2,15,19)(H,18,23)/b16-8+. The molecule has 122 valence electrons. The summed E-state index contributed by atoms with van der Waals surface area (Å²) < 4.78 is 5.79. The Morgan fingerprint density at radius 2 is 2.04 bits per heavy atom. The van der Waals surface area contributed by atoms with Gasteiger partial charge in [-0.15, -0.1) is 5.10 Å². The highest BCUT2D eigenvalue weighted by atomic mass is 16.6. The Morgan fingerprint density at radius 1 is 1.29 bits per heavy atom. The molecule has 0 bridgehead atoms. The molecule has 24 heavy (non-hydrogen) atoms. The number of nitrogens with zero attached hydrogens (tertiary/aromatic N) is 6. The number of benzene rings is 1. The first-order chi connectivity index (χ1) is 11.6. The smallest absolute Gasteiger partial charge is 0.293 e. The van der Waals surface area contributed by atoms with Gasteiger partial charge in [0, 0.05) is 0 Å². The van der Waals surface area contributed by atoms with Crippen LogP contribution in [-0.4, -0.2) is 36.9 Å². The van der Waals surface area contributed by atoms with Crippen molar-refractivity contribution >= 4 is 17.4 Å². The van der Waals surface area contributed by atoms with Gasteiger partial charge in [-0.05, 0) is 29.7 Å². The van der Waals surface area contributed by atoms with Crippen LogP contribution in [-0.2, 0) is 0 Å². The minimum atomic E-state index is -0.496. The van der Waals surface area contributed by atoms with E-state index in [0.29, 0.717) is 11.4 Å². The number of hydrazone groups is 1. The van der Waals surface area contributed by atoms with Crippen LogP contribution in [0, 0.1) is 6.92 Å². The van der Waals surface area contributed by atoms with E-state index in [1.807, 2.05) is 30.3 Å². The summed E-state index contributed by atoms with van der Waals surface area (Å²) in [4.78, 5) is 12.2. The van der Waals surface area contributed by atoms with Crippen molar-refractivity contribution in [1.82, 2.24) is 30.7 Å². The molecule has 0 saturated carbocycles. The summed E-state index contributed by atoms with van der Waals surface area (Å²) in [5.74, 6) is -0.278. The highest BCUT2D eigenvalue weighted by Crippen LogP contribution is 2.14. The summed E-state index contributed by atoms with van der Waals surface area (Å²) in [6, 6.07) is 9.48. The van der Waals surface area contributed by atoms with E-state index >= 15 is 0 Å². The molecule has 0 aliphatic rings. The normalized spacial score (nSPS) is 11.5. The van der Waals surface area contributed by atoms with Gasteiger partial charge in [-0.1, -0.05) is 35.5 Å². The number of nitrogen functional groups attached to an aromatic ring is 1. The summed E-state index contributed by atoms with van der Waals surface area (Å²) in [7, 11) is 0. The third-order valence-electron chi connectivity index (χ3n) is 3.32. The number of carbonyl (C=O) groups excluding carboxylic acids is 1. The number of nitrogens with two attached hydrogens (primary N) is 1. The monoisotopic (exact) mass is 326 g/mol. The second-order valence-electron chi connectivity index (χ2n) is 4.91. The molecule has 3 aromatic rings. The van der Waals surface area contributed by atoms with E-state index in [2.05, 4.69) is 35.8 Å². The van der Waals surface area contributed by atoms with Crippen LogP contribution in [0.4, 0.5) is 5.82 Å². The van der Waals surface area contributed by atoms with Gasteiger partial charge in [0.2, 0.25) is 11.6 Å². The second kappa shape index (κ2) is 6.28. The summed E-state index contributed by atoms with van der Waals surface area (Å²) in [6.07, 6.45) is 0. The van der Waals surface area contributed by atoms with E-state index in [4.69, 9.17) is 5.73 Å². The number of hydrogen-bond donors (Lipinski definition) is 2. The zero-order valence-electron chi connectivity index (χ0n) is 13.0. The highest BCUT2D eigenvalue weighted by Gasteiger charge is 2.20. The van der Waals surface area contributed by atoms with Gasteiger partial charge in [-0.3, -0.25) is 4.79 Å². The number of aromatic nitrogens is 5. The van der Waals surface area contributed by atoms with Crippen LogP contribution in [0.25, 0.3) is 5.82 Å². The maximum Gasteiger partial charge on any atom is 0.293 e. The van der Waals surface area contributed by atoms with E-state index in [9.17, 15) is 4.79 Å². The second-order valence-corrected chi connectivity index (χ2v) is 4.91. The van der Waals surface area contributed by atoms with E-state index in [1.54, 1.807) is 13.8 Å². The van der Waals surface area contributed by atoms with Crippen molar-refractivity contribution in [2.75, 3.05) is 5.73 Å². The molecule has 2 aromatic heterocycles. The van der Waals surface area contributed by atoms with Crippen LogP contribution >= 0.6 is 0 Å². The Kier molecular flexibility index (Phi) is 4.01. The van der Waals surface area contributed by atoms with Gasteiger partial charge in [0.05, 0.1) is 11.4 Å². The first-order valence-corrected chi connectivity index (χ1v) is 6.98. The lowest BCUT2D eigenvalue weighted by Crippen LogP contribution is -2.21. The number of amides is 1. The molecule has 0 radical (unpaired) electrons. The highest BCUT2D eigenvalue weighted by molar-refractivity contribution is 6.00. The number of rotatable bonds is 4. The van der Waals surface area contributed by atoms with Crippen LogP contribution in [0.1, 0.15) is 28.7 Å². The molecule has 0 fully saturated rings. The van der Waals surface area contributed by atoms with Crippen LogP contribution in [0.5, 0.6) is 0 Å². The lowest BCUT2D eigenvalue weighted by molar-refractivity contribution is 0.0949.